The Morgan fingerprint density at radius 2 is 1.95 bits per heavy atom. The van der Waals surface area contributed by atoms with Gasteiger partial charge in [-0.1, -0.05) is 12.1 Å². The van der Waals surface area contributed by atoms with Crippen molar-refractivity contribution >= 4 is 10.8 Å². The minimum atomic E-state index is 0.0858. The van der Waals surface area contributed by atoms with Crippen LogP contribution in [0, 0.1) is 16.7 Å². The first kappa shape index (κ1) is 11.9. The van der Waals surface area contributed by atoms with Crippen LogP contribution >= 0.6 is 0 Å². The van der Waals surface area contributed by atoms with Gasteiger partial charge in [0, 0.05) is 11.8 Å². The predicted octanol–water partition coefficient (Wildman–Crippen LogP) is 3.62. The number of phenolic OH excluding ortho intramolecular Hbond substituents is 1. The maximum absolute atomic E-state index is 9.48. The molecule has 0 spiro atoms. The zero-order chi connectivity index (χ0) is 13.3. The van der Waals surface area contributed by atoms with Gasteiger partial charge in [0.25, 0.3) is 0 Å². The van der Waals surface area contributed by atoms with Gasteiger partial charge in [-0.05, 0) is 47.9 Å². The lowest BCUT2D eigenvalue weighted by atomic mass is 10.1. The van der Waals surface area contributed by atoms with E-state index in [1.54, 1.807) is 12.1 Å². The standard InChI is InChI=1S/C16H15NO2/c17-8-7-16(5-6-16)11-19-15-4-2-12-1-3-14(18)9-13(12)10-15/h1-4,9-10,18H,5-7,11H2. The first-order chi connectivity index (χ1) is 9.21. The molecule has 19 heavy (non-hydrogen) atoms. The normalized spacial score (nSPS) is 15.9. The molecule has 2 aromatic rings. The number of aromatic hydroxyl groups is 1. The lowest BCUT2D eigenvalue weighted by Gasteiger charge is -2.13. The summed E-state index contributed by atoms with van der Waals surface area (Å²) >= 11 is 0. The van der Waals surface area contributed by atoms with E-state index < -0.39 is 0 Å². The third-order valence-electron chi connectivity index (χ3n) is 3.75. The second-order valence-corrected chi connectivity index (χ2v) is 5.32. The molecule has 3 heteroatoms. The maximum Gasteiger partial charge on any atom is 0.119 e. The van der Waals surface area contributed by atoms with Crippen molar-refractivity contribution in [3.05, 3.63) is 36.4 Å². The Bertz CT molecular complexity index is 653. The molecule has 1 aliphatic carbocycles. The van der Waals surface area contributed by atoms with Crippen LogP contribution in [0.2, 0.25) is 0 Å². The molecule has 1 aliphatic rings. The highest BCUT2D eigenvalue weighted by molar-refractivity contribution is 5.85. The van der Waals surface area contributed by atoms with Crippen molar-refractivity contribution in [3.63, 3.8) is 0 Å². The molecule has 3 rings (SSSR count). The fourth-order valence-corrected chi connectivity index (χ4v) is 2.26. The van der Waals surface area contributed by atoms with Crippen LogP contribution in [0.15, 0.2) is 36.4 Å². The Labute approximate surface area is 112 Å². The van der Waals surface area contributed by atoms with Crippen molar-refractivity contribution < 1.29 is 9.84 Å². The molecule has 1 fully saturated rings. The highest BCUT2D eigenvalue weighted by atomic mass is 16.5. The number of rotatable bonds is 4. The number of fused-ring (bicyclic) bond motifs is 1. The fourth-order valence-electron chi connectivity index (χ4n) is 2.26. The van der Waals surface area contributed by atoms with Crippen LogP contribution in [0.4, 0.5) is 0 Å². The van der Waals surface area contributed by atoms with E-state index in [1.807, 2.05) is 24.3 Å². The summed E-state index contributed by atoms with van der Waals surface area (Å²) in [5.74, 6) is 1.05. The predicted molar refractivity (Wildman–Crippen MR) is 73.0 cm³/mol. The van der Waals surface area contributed by atoms with Crippen LogP contribution < -0.4 is 4.74 Å². The van der Waals surface area contributed by atoms with E-state index in [0.29, 0.717) is 13.0 Å². The Balaban J connectivity index is 1.76. The number of hydrogen-bond donors (Lipinski definition) is 1. The summed E-state index contributed by atoms with van der Waals surface area (Å²) in [7, 11) is 0. The molecule has 1 N–H and O–H groups in total. The maximum atomic E-state index is 9.48. The largest absolute Gasteiger partial charge is 0.508 e. The summed E-state index contributed by atoms with van der Waals surface area (Å²) < 4.78 is 5.80. The van der Waals surface area contributed by atoms with Crippen LogP contribution in [-0.4, -0.2) is 11.7 Å². The quantitative estimate of drug-likeness (QED) is 0.905. The number of hydrogen-bond acceptors (Lipinski definition) is 3. The molecule has 2 aromatic carbocycles. The minimum Gasteiger partial charge on any atom is -0.508 e. The summed E-state index contributed by atoms with van der Waals surface area (Å²) in [6, 6.07) is 13.4. The zero-order valence-electron chi connectivity index (χ0n) is 10.6. The van der Waals surface area contributed by atoms with Crippen molar-refractivity contribution in [3.8, 4) is 17.6 Å². The third-order valence-corrected chi connectivity index (χ3v) is 3.75. The number of nitriles is 1. The fraction of sp³-hybridized carbons (Fsp3) is 0.312. The molecular weight excluding hydrogens is 238 g/mol. The summed E-state index contributed by atoms with van der Waals surface area (Å²) in [4.78, 5) is 0. The summed E-state index contributed by atoms with van der Waals surface area (Å²) in [5.41, 5.74) is 0.0858. The Morgan fingerprint density at radius 1 is 1.16 bits per heavy atom. The van der Waals surface area contributed by atoms with E-state index in [2.05, 4.69) is 6.07 Å². The van der Waals surface area contributed by atoms with E-state index >= 15 is 0 Å². The second-order valence-electron chi connectivity index (χ2n) is 5.32. The molecule has 0 amide bonds. The number of ether oxygens (including phenoxy) is 1. The Kier molecular flexibility index (Phi) is 2.79. The van der Waals surface area contributed by atoms with Gasteiger partial charge in [0.05, 0.1) is 12.7 Å². The second kappa shape index (κ2) is 4.47. The van der Waals surface area contributed by atoms with Crippen LogP contribution in [0.1, 0.15) is 19.3 Å². The summed E-state index contributed by atoms with van der Waals surface area (Å²) in [6.07, 6.45) is 2.73. The first-order valence-corrected chi connectivity index (χ1v) is 6.43. The average Bonchev–Trinajstić information content (AvgIpc) is 3.17. The highest BCUT2D eigenvalue weighted by Crippen LogP contribution is 2.48. The molecule has 0 saturated heterocycles. The number of nitrogens with zero attached hydrogens (tertiary/aromatic N) is 1. The molecule has 0 aromatic heterocycles. The smallest absolute Gasteiger partial charge is 0.119 e. The van der Waals surface area contributed by atoms with E-state index in [9.17, 15) is 5.11 Å². The van der Waals surface area contributed by atoms with E-state index in [1.165, 1.54) is 0 Å². The topological polar surface area (TPSA) is 53.2 Å². The molecule has 1 saturated carbocycles. The van der Waals surface area contributed by atoms with Crippen LogP contribution in [0.3, 0.4) is 0 Å². The average molecular weight is 253 g/mol. The summed E-state index contributed by atoms with van der Waals surface area (Å²) in [6.45, 7) is 0.602. The van der Waals surface area contributed by atoms with E-state index in [4.69, 9.17) is 10.00 Å². The van der Waals surface area contributed by atoms with Crippen molar-refractivity contribution in [2.75, 3.05) is 6.61 Å². The molecular formula is C16H15NO2. The lowest BCUT2D eigenvalue weighted by Crippen LogP contribution is -2.12. The van der Waals surface area contributed by atoms with Gasteiger partial charge in [-0.25, -0.2) is 0 Å². The highest BCUT2D eigenvalue weighted by Gasteiger charge is 2.43. The van der Waals surface area contributed by atoms with Gasteiger partial charge in [0.1, 0.15) is 11.5 Å². The zero-order valence-corrected chi connectivity index (χ0v) is 10.6. The molecule has 96 valence electrons. The van der Waals surface area contributed by atoms with E-state index in [0.717, 1.165) is 29.4 Å². The minimum absolute atomic E-state index is 0.0858. The first-order valence-electron chi connectivity index (χ1n) is 6.43. The molecule has 0 heterocycles. The molecule has 0 unspecified atom stereocenters. The molecule has 3 nitrogen and oxygen atoms in total. The van der Waals surface area contributed by atoms with Crippen LogP contribution in [-0.2, 0) is 0 Å². The van der Waals surface area contributed by atoms with Gasteiger partial charge >= 0.3 is 0 Å². The molecule has 0 atom stereocenters. The lowest BCUT2D eigenvalue weighted by molar-refractivity contribution is 0.237. The van der Waals surface area contributed by atoms with Gasteiger partial charge in [0.15, 0.2) is 0 Å². The van der Waals surface area contributed by atoms with Crippen molar-refractivity contribution in [2.24, 2.45) is 5.41 Å². The van der Waals surface area contributed by atoms with Crippen LogP contribution in [0.5, 0.6) is 11.5 Å². The SMILES string of the molecule is N#CCC1(COc2ccc3ccc(O)cc3c2)CC1. The Morgan fingerprint density at radius 3 is 2.68 bits per heavy atom. The van der Waals surface area contributed by atoms with E-state index in [-0.39, 0.29) is 11.2 Å². The molecule has 0 radical (unpaired) electrons. The summed E-state index contributed by atoms with van der Waals surface area (Å²) in [5, 5.41) is 20.3. The monoisotopic (exact) mass is 253 g/mol. The number of phenols is 1. The van der Waals surface area contributed by atoms with Gasteiger partial charge in [-0.2, -0.15) is 5.26 Å². The van der Waals surface area contributed by atoms with Crippen molar-refractivity contribution in [1.29, 1.82) is 5.26 Å². The van der Waals surface area contributed by atoms with Gasteiger partial charge < -0.3 is 9.84 Å². The van der Waals surface area contributed by atoms with Gasteiger partial charge in [0.2, 0.25) is 0 Å². The molecule has 0 aliphatic heterocycles. The molecule has 0 bridgehead atoms. The third kappa shape index (κ3) is 2.48. The van der Waals surface area contributed by atoms with Gasteiger partial charge in [-0.3, -0.25) is 0 Å². The van der Waals surface area contributed by atoms with Crippen molar-refractivity contribution in [2.45, 2.75) is 19.3 Å². The van der Waals surface area contributed by atoms with Gasteiger partial charge in [-0.15, -0.1) is 0 Å². The van der Waals surface area contributed by atoms with Crippen LogP contribution in [0.25, 0.3) is 10.8 Å². The Hall–Kier alpha value is -2.21. The van der Waals surface area contributed by atoms with Crippen molar-refractivity contribution in [1.82, 2.24) is 0 Å². The number of benzene rings is 2.